The van der Waals surface area contributed by atoms with Crippen LogP contribution >= 0.6 is 11.8 Å². The van der Waals surface area contributed by atoms with Crippen LogP contribution in [0.1, 0.15) is 24.0 Å². The lowest BCUT2D eigenvalue weighted by molar-refractivity contribution is -0.147. The quantitative estimate of drug-likeness (QED) is 0.146. The summed E-state index contributed by atoms with van der Waals surface area (Å²) in [5.41, 5.74) is 7.43. The predicted molar refractivity (Wildman–Crippen MR) is 149 cm³/mol. The molecule has 0 aliphatic carbocycles. The fourth-order valence-corrected chi connectivity index (χ4v) is 4.21. The van der Waals surface area contributed by atoms with Crippen LogP contribution in [-0.4, -0.2) is 81.2 Å². The second-order valence-electron chi connectivity index (χ2n) is 9.07. The van der Waals surface area contributed by atoms with E-state index in [1.807, 2.05) is 6.26 Å². The van der Waals surface area contributed by atoms with Gasteiger partial charge in [0.15, 0.2) is 0 Å². The van der Waals surface area contributed by atoms with Crippen LogP contribution in [-0.2, 0) is 36.8 Å². The number of nitrogens with two attached hydrogens (primary N) is 1. The summed E-state index contributed by atoms with van der Waals surface area (Å²) >= 11 is 1.45. The Morgan fingerprint density at radius 2 is 1.32 bits per heavy atom. The number of rotatable bonds is 16. The molecule has 40 heavy (non-hydrogen) atoms. The molecule has 3 amide bonds. The van der Waals surface area contributed by atoms with E-state index in [9.17, 15) is 34.2 Å². The van der Waals surface area contributed by atoms with Crippen LogP contribution in [0.4, 0.5) is 0 Å². The maximum absolute atomic E-state index is 13.3. The molecule has 0 spiro atoms. The Morgan fingerprint density at radius 1 is 0.775 bits per heavy atom. The Labute approximate surface area is 235 Å². The summed E-state index contributed by atoms with van der Waals surface area (Å²) in [5, 5.41) is 35.2. The van der Waals surface area contributed by atoms with Crippen molar-refractivity contribution < 1.29 is 39.3 Å². The summed E-state index contributed by atoms with van der Waals surface area (Å²) in [6.45, 7) is 0. The molecule has 13 heteroatoms. The van der Waals surface area contributed by atoms with E-state index >= 15 is 0 Å². The molecule has 0 aliphatic heterocycles. The molecule has 0 fully saturated rings. The van der Waals surface area contributed by atoms with Gasteiger partial charge in [0, 0.05) is 6.42 Å². The average molecular weight is 575 g/mol. The Kier molecular flexibility index (Phi) is 12.9. The number of aliphatic carboxylic acids is 2. The van der Waals surface area contributed by atoms with Crippen LogP contribution < -0.4 is 21.7 Å². The molecule has 2 rings (SSSR count). The zero-order chi connectivity index (χ0) is 29.7. The first-order chi connectivity index (χ1) is 19.0. The number of amides is 3. The van der Waals surface area contributed by atoms with Gasteiger partial charge in [-0.2, -0.15) is 11.8 Å². The van der Waals surface area contributed by atoms with E-state index < -0.39 is 60.2 Å². The number of hydrogen-bond acceptors (Lipinski definition) is 8. The molecule has 4 atom stereocenters. The maximum Gasteiger partial charge on any atom is 0.326 e. The van der Waals surface area contributed by atoms with Crippen molar-refractivity contribution >= 4 is 41.4 Å². The van der Waals surface area contributed by atoms with E-state index in [2.05, 4.69) is 16.0 Å². The fraction of sp³-hybridized carbons (Fsp3) is 0.370. The van der Waals surface area contributed by atoms with Crippen molar-refractivity contribution in [2.24, 2.45) is 5.73 Å². The minimum Gasteiger partial charge on any atom is -0.508 e. The van der Waals surface area contributed by atoms with Crippen LogP contribution in [0.2, 0.25) is 0 Å². The van der Waals surface area contributed by atoms with Crippen LogP contribution in [0.15, 0.2) is 54.6 Å². The van der Waals surface area contributed by atoms with Gasteiger partial charge in [0.1, 0.15) is 23.9 Å². The number of phenolic OH excluding ortho intramolecular Hbond substituents is 1. The van der Waals surface area contributed by atoms with Gasteiger partial charge in [-0.1, -0.05) is 42.5 Å². The lowest BCUT2D eigenvalue weighted by Crippen LogP contribution is -2.58. The van der Waals surface area contributed by atoms with Gasteiger partial charge in [0.2, 0.25) is 17.7 Å². The zero-order valence-electron chi connectivity index (χ0n) is 21.9. The molecule has 2 aromatic carbocycles. The molecule has 0 aromatic heterocycles. The zero-order valence-corrected chi connectivity index (χ0v) is 22.7. The first-order valence-corrected chi connectivity index (χ1v) is 13.8. The van der Waals surface area contributed by atoms with Crippen molar-refractivity contribution in [1.29, 1.82) is 0 Å². The number of carboxylic acids is 2. The van der Waals surface area contributed by atoms with Crippen molar-refractivity contribution in [1.82, 2.24) is 16.0 Å². The third-order valence-electron chi connectivity index (χ3n) is 5.88. The van der Waals surface area contributed by atoms with E-state index in [4.69, 9.17) is 10.8 Å². The number of carbonyl (C=O) groups excluding carboxylic acids is 3. The highest BCUT2D eigenvalue weighted by atomic mass is 32.2. The van der Waals surface area contributed by atoms with Crippen molar-refractivity contribution in [3.63, 3.8) is 0 Å². The van der Waals surface area contributed by atoms with Gasteiger partial charge in [0.05, 0.1) is 12.5 Å². The molecule has 2 aromatic rings. The first-order valence-electron chi connectivity index (χ1n) is 12.4. The van der Waals surface area contributed by atoms with E-state index in [0.29, 0.717) is 16.9 Å². The van der Waals surface area contributed by atoms with Gasteiger partial charge in [-0.05, 0) is 48.1 Å². The average Bonchev–Trinajstić information content (AvgIpc) is 2.91. The summed E-state index contributed by atoms with van der Waals surface area (Å²) in [6.07, 6.45) is 1.34. The lowest BCUT2D eigenvalue weighted by atomic mass is 10.0. The Bertz CT molecular complexity index is 1160. The number of phenols is 1. The van der Waals surface area contributed by atoms with Gasteiger partial charge in [-0.15, -0.1) is 0 Å². The SMILES string of the molecule is CSCCC(NC(=O)C(N)Cc1ccc(O)cc1)C(=O)NC(Cc1ccccc1)C(=O)NC(CC(=O)O)C(=O)O. The van der Waals surface area contributed by atoms with Crippen LogP contribution in [0, 0.1) is 0 Å². The number of thioether (sulfide) groups is 1. The third-order valence-corrected chi connectivity index (χ3v) is 6.53. The molecule has 0 aliphatic rings. The first kappa shape index (κ1) is 32.1. The van der Waals surface area contributed by atoms with Gasteiger partial charge in [-0.3, -0.25) is 19.2 Å². The molecular weight excluding hydrogens is 540 g/mol. The minimum atomic E-state index is -1.70. The number of aromatic hydroxyl groups is 1. The molecule has 0 heterocycles. The van der Waals surface area contributed by atoms with E-state index in [1.165, 1.54) is 23.9 Å². The second kappa shape index (κ2) is 16.1. The van der Waals surface area contributed by atoms with E-state index in [0.717, 1.165) is 0 Å². The Hall–Kier alpha value is -4.10. The normalized spacial score (nSPS) is 13.8. The van der Waals surface area contributed by atoms with Crippen molar-refractivity contribution in [3.8, 4) is 5.75 Å². The largest absolute Gasteiger partial charge is 0.508 e. The number of carbonyl (C=O) groups is 5. The molecule has 0 saturated heterocycles. The summed E-state index contributed by atoms with van der Waals surface area (Å²) in [6, 6.07) is 9.84. The number of hydrogen-bond donors (Lipinski definition) is 7. The molecule has 4 unspecified atom stereocenters. The molecule has 216 valence electrons. The van der Waals surface area contributed by atoms with Crippen molar-refractivity contribution in [2.75, 3.05) is 12.0 Å². The van der Waals surface area contributed by atoms with Crippen molar-refractivity contribution in [2.45, 2.75) is 49.9 Å². The third kappa shape index (κ3) is 10.9. The van der Waals surface area contributed by atoms with Crippen LogP contribution in [0.3, 0.4) is 0 Å². The van der Waals surface area contributed by atoms with Gasteiger partial charge in [-0.25, -0.2) is 4.79 Å². The maximum atomic E-state index is 13.3. The smallest absolute Gasteiger partial charge is 0.326 e. The van der Waals surface area contributed by atoms with Crippen LogP contribution in [0.5, 0.6) is 5.75 Å². The summed E-state index contributed by atoms with van der Waals surface area (Å²) in [5.74, 6) is -4.53. The van der Waals surface area contributed by atoms with Crippen LogP contribution in [0.25, 0.3) is 0 Å². The molecule has 0 saturated carbocycles. The second-order valence-corrected chi connectivity index (χ2v) is 10.1. The Morgan fingerprint density at radius 3 is 1.90 bits per heavy atom. The standard InChI is InChI=1S/C27H34N4O8S/c1-40-12-11-20(29-24(35)19(28)13-17-7-9-18(32)10-8-17)25(36)30-21(14-16-5-3-2-4-6-16)26(37)31-22(27(38)39)15-23(33)34/h2-10,19-22,32H,11-15,28H2,1H3,(H,29,35)(H,30,36)(H,31,37)(H,33,34)(H,38,39). The number of nitrogens with one attached hydrogen (secondary N) is 3. The van der Waals surface area contributed by atoms with Gasteiger partial charge >= 0.3 is 11.9 Å². The molecule has 8 N–H and O–H groups in total. The topological polar surface area (TPSA) is 208 Å². The van der Waals surface area contributed by atoms with Gasteiger partial charge in [0.25, 0.3) is 0 Å². The summed E-state index contributed by atoms with van der Waals surface area (Å²) in [7, 11) is 0. The lowest BCUT2D eigenvalue weighted by Gasteiger charge is -2.25. The highest BCUT2D eigenvalue weighted by Gasteiger charge is 2.31. The highest BCUT2D eigenvalue weighted by molar-refractivity contribution is 7.98. The summed E-state index contributed by atoms with van der Waals surface area (Å²) in [4.78, 5) is 61.8. The molecule has 0 bridgehead atoms. The Balaban J connectivity index is 2.19. The van der Waals surface area contributed by atoms with Gasteiger partial charge < -0.3 is 37.0 Å². The molecular formula is C27H34N4O8S. The highest BCUT2D eigenvalue weighted by Crippen LogP contribution is 2.12. The van der Waals surface area contributed by atoms with E-state index in [-0.39, 0.29) is 25.0 Å². The number of benzene rings is 2. The molecule has 0 radical (unpaired) electrons. The van der Waals surface area contributed by atoms with E-state index in [1.54, 1.807) is 42.5 Å². The monoisotopic (exact) mass is 574 g/mol. The minimum absolute atomic E-state index is 0.0125. The molecule has 12 nitrogen and oxygen atoms in total. The number of carboxylic acid groups (broad SMARTS) is 2. The predicted octanol–water partition coefficient (Wildman–Crippen LogP) is 0.272. The fourth-order valence-electron chi connectivity index (χ4n) is 3.74. The summed E-state index contributed by atoms with van der Waals surface area (Å²) < 4.78 is 0. The van der Waals surface area contributed by atoms with Crippen molar-refractivity contribution in [3.05, 3.63) is 65.7 Å².